The number of rotatable bonds is 6. The van der Waals surface area contributed by atoms with Crippen LogP contribution in [-0.2, 0) is 4.79 Å². The first-order valence-corrected chi connectivity index (χ1v) is 13.0. The van der Waals surface area contributed by atoms with Gasteiger partial charge in [0.25, 0.3) is 5.91 Å². The van der Waals surface area contributed by atoms with Gasteiger partial charge in [0.05, 0.1) is 29.4 Å². The number of fused-ring (bicyclic) bond motifs is 1. The molecule has 2 aliphatic carbocycles. The summed E-state index contributed by atoms with van der Waals surface area (Å²) in [5, 5.41) is 17.0. The van der Waals surface area contributed by atoms with Crippen LogP contribution in [0.25, 0.3) is 0 Å². The molecule has 3 fully saturated rings. The molecule has 0 spiro atoms. The van der Waals surface area contributed by atoms with Crippen molar-refractivity contribution >= 4 is 17.6 Å². The maximum atomic E-state index is 12.9. The predicted molar refractivity (Wildman–Crippen MR) is 138 cm³/mol. The molecule has 0 radical (unpaired) electrons. The summed E-state index contributed by atoms with van der Waals surface area (Å²) in [5.74, 6) is 1.79. The number of nitriles is 1. The van der Waals surface area contributed by atoms with Crippen LogP contribution in [0.2, 0.25) is 0 Å². The minimum absolute atomic E-state index is 0.0867. The lowest BCUT2D eigenvalue weighted by Crippen LogP contribution is -2.43. The van der Waals surface area contributed by atoms with Crippen LogP contribution >= 0.6 is 0 Å². The Morgan fingerprint density at radius 1 is 1.19 bits per heavy atom. The summed E-state index contributed by atoms with van der Waals surface area (Å²) in [6, 6.07) is 10.2. The Bertz CT molecular complexity index is 1450. The van der Waals surface area contributed by atoms with Crippen molar-refractivity contribution in [2.75, 3.05) is 11.4 Å². The number of pyridine rings is 1. The Morgan fingerprint density at radius 2 is 2.00 bits per heavy atom. The summed E-state index contributed by atoms with van der Waals surface area (Å²) in [5.41, 5.74) is 5.51. The van der Waals surface area contributed by atoms with Crippen molar-refractivity contribution in [3.8, 4) is 6.07 Å². The van der Waals surface area contributed by atoms with E-state index < -0.39 is 0 Å². The number of piperidine rings is 1. The lowest BCUT2D eigenvalue weighted by Gasteiger charge is -2.36. The second-order valence-electron chi connectivity index (χ2n) is 10.9. The lowest BCUT2D eigenvalue weighted by atomic mass is 9.74. The van der Waals surface area contributed by atoms with E-state index in [1.165, 1.54) is 0 Å². The topological polar surface area (TPSA) is 104 Å². The van der Waals surface area contributed by atoms with E-state index in [0.29, 0.717) is 17.4 Å². The zero-order valence-electron chi connectivity index (χ0n) is 21.3. The molecular formula is C29H30N6O2. The van der Waals surface area contributed by atoms with Gasteiger partial charge in [-0.2, -0.15) is 10.4 Å². The van der Waals surface area contributed by atoms with Crippen LogP contribution < -0.4 is 10.2 Å². The molecule has 1 unspecified atom stereocenters. The summed E-state index contributed by atoms with van der Waals surface area (Å²) in [6.45, 7) is 6.85. The lowest BCUT2D eigenvalue weighted by molar-refractivity contribution is -0.118. The van der Waals surface area contributed by atoms with Crippen molar-refractivity contribution in [3.05, 3.63) is 76.2 Å². The number of carbonyl (C=O) groups excluding carboxylic acids is 2. The molecule has 2 saturated carbocycles. The second-order valence-corrected chi connectivity index (χ2v) is 10.9. The van der Waals surface area contributed by atoms with Gasteiger partial charge in [0.1, 0.15) is 5.82 Å². The SMILES string of the molecule is Cc1ccc(C#N)c([C@H]2C[C@@H](NC(=O)c3cnn(C(C)c4cnc(N5C[C@H]6C[C@H]6C5=O)cc4C)c3)C2)c1. The van der Waals surface area contributed by atoms with Crippen LogP contribution in [-0.4, -0.2) is 39.2 Å². The standard InChI is InChI=1S/C29H30N6O2/c1-16-4-5-19(11-30)24(6-16)20-8-23(9-20)33-28(36)22-12-32-35(15-22)18(3)26-13-31-27(7-17(26)2)34-14-21-10-25(21)29(34)37/h4-7,12-13,15,18,20-21,23,25H,8-10,14H2,1-3H3,(H,33,36)/t18?,20-,21-,23+,25-/m1/s1. The molecule has 3 atom stereocenters. The zero-order valence-corrected chi connectivity index (χ0v) is 21.3. The quantitative estimate of drug-likeness (QED) is 0.557. The molecule has 3 aliphatic rings. The minimum Gasteiger partial charge on any atom is -0.349 e. The smallest absolute Gasteiger partial charge is 0.254 e. The van der Waals surface area contributed by atoms with E-state index in [0.717, 1.165) is 59.4 Å². The van der Waals surface area contributed by atoms with Crippen LogP contribution in [0.4, 0.5) is 5.82 Å². The van der Waals surface area contributed by atoms with Crippen molar-refractivity contribution in [2.24, 2.45) is 11.8 Å². The average Bonchev–Trinajstić information content (AvgIpc) is 3.31. The number of hydrogen-bond acceptors (Lipinski definition) is 5. The first kappa shape index (κ1) is 23.4. The fourth-order valence-electron chi connectivity index (χ4n) is 5.81. The van der Waals surface area contributed by atoms with E-state index in [1.54, 1.807) is 17.1 Å². The Balaban J connectivity index is 1.08. The van der Waals surface area contributed by atoms with Crippen LogP contribution in [0.3, 0.4) is 0 Å². The largest absolute Gasteiger partial charge is 0.349 e. The fourth-order valence-corrected chi connectivity index (χ4v) is 5.81. The Labute approximate surface area is 216 Å². The summed E-state index contributed by atoms with van der Waals surface area (Å²) in [4.78, 5) is 31.7. The number of benzene rings is 1. The van der Waals surface area contributed by atoms with Gasteiger partial charge in [0.15, 0.2) is 0 Å². The minimum atomic E-state index is -0.136. The van der Waals surface area contributed by atoms with Crippen molar-refractivity contribution in [1.82, 2.24) is 20.1 Å². The van der Waals surface area contributed by atoms with E-state index in [1.807, 2.05) is 50.1 Å². The third kappa shape index (κ3) is 4.18. The number of nitrogens with one attached hydrogen (secondary N) is 1. The summed E-state index contributed by atoms with van der Waals surface area (Å²) in [6.07, 6.45) is 7.87. The summed E-state index contributed by atoms with van der Waals surface area (Å²) < 4.78 is 1.78. The molecule has 37 heavy (non-hydrogen) atoms. The summed E-state index contributed by atoms with van der Waals surface area (Å²) >= 11 is 0. The van der Waals surface area contributed by atoms with Crippen LogP contribution in [0.15, 0.2) is 42.9 Å². The molecule has 2 aromatic heterocycles. The normalized spacial score (nSPS) is 24.7. The molecule has 1 N–H and O–H groups in total. The van der Waals surface area contributed by atoms with Crippen molar-refractivity contribution < 1.29 is 9.59 Å². The molecule has 1 saturated heterocycles. The molecule has 8 nitrogen and oxygen atoms in total. The van der Waals surface area contributed by atoms with Gasteiger partial charge >= 0.3 is 0 Å². The molecule has 6 rings (SSSR count). The van der Waals surface area contributed by atoms with Gasteiger partial charge in [-0.3, -0.25) is 19.2 Å². The van der Waals surface area contributed by atoms with Gasteiger partial charge in [-0.1, -0.05) is 17.7 Å². The third-order valence-corrected chi connectivity index (χ3v) is 8.29. The van der Waals surface area contributed by atoms with E-state index in [4.69, 9.17) is 0 Å². The number of aromatic nitrogens is 3. The van der Waals surface area contributed by atoms with Crippen molar-refractivity contribution in [3.63, 3.8) is 0 Å². The first-order valence-electron chi connectivity index (χ1n) is 13.0. The molecular weight excluding hydrogens is 464 g/mol. The van der Waals surface area contributed by atoms with Gasteiger partial charge < -0.3 is 5.32 Å². The second kappa shape index (κ2) is 8.84. The first-order chi connectivity index (χ1) is 17.8. The number of nitrogens with zero attached hydrogens (tertiary/aromatic N) is 5. The van der Waals surface area contributed by atoms with E-state index in [9.17, 15) is 14.9 Å². The van der Waals surface area contributed by atoms with Crippen LogP contribution in [0, 0.1) is 37.0 Å². The predicted octanol–water partition coefficient (Wildman–Crippen LogP) is 4.03. The highest BCUT2D eigenvalue weighted by atomic mass is 16.2. The molecule has 2 amide bonds. The molecule has 0 bridgehead atoms. The highest BCUT2D eigenvalue weighted by molar-refractivity contribution is 5.99. The molecule has 1 aromatic carbocycles. The molecule has 1 aliphatic heterocycles. The van der Waals surface area contributed by atoms with Gasteiger partial charge in [0, 0.05) is 30.9 Å². The molecule has 188 valence electrons. The number of anilines is 1. The number of hydrogen-bond donors (Lipinski definition) is 1. The van der Waals surface area contributed by atoms with E-state index >= 15 is 0 Å². The van der Waals surface area contributed by atoms with Crippen molar-refractivity contribution in [1.29, 1.82) is 5.26 Å². The van der Waals surface area contributed by atoms with E-state index in [-0.39, 0.29) is 29.8 Å². The monoisotopic (exact) mass is 494 g/mol. The highest BCUT2D eigenvalue weighted by Crippen LogP contribution is 2.47. The number of amides is 2. The number of carbonyl (C=O) groups is 2. The highest BCUT2D eigenvalue weighted by Gasteiger charge is 2.52. The van der Waals surface area contributed by atoms with Gasteiger partial charge in [-0.15, -0.1) is 0 Å². The van der Waals surface area contributed by atoms with Crippen LogP contribution in [0.1, 0.15) is 76.3 Å². The Kier molecular flexibility index (Phi) is 5.59. The van der Waals surface area contributed by atoms with Crippen molar-refractivity contribution in [2.45, 2.75) is 58.0 Å². The molecule has 3 aromatic rings. The van der Waals surface area contributed by atoms with Gasteiger partial charge in [0.2, 0.25) is 5.91 Å². The van der Waals surface area contributed by atoms with E-state index in [2.05, 4.69) is 27.5 Å². The summed E-state index contributed by atoms with van der Waals surface area (Å²) in [7, 11) is 0. The fraction of sp³-hybridized carbons (Fsp3) is 0.414. The molecule has 8 heteroatoms. The van der Waals surface area contributed by atoms with Gasteiger partial charge in [-0.05, 0) is 80.7 Å². The molecule has 3 heterocycles. The Hall–Kier alpha value is -3.99. The third-order valence-electron chi connectivity index (χ3n) is 8.29. The zero-order chi connectivity index (χ0) is 25.8. The van der Waals surface area contributed by atoms with Crippen LogP contribution in [0.5, 0.6) is 0 Å². The average molecular weight is 495 g/mol. The maximum absolute atomic E-state index is 12.9. The number of aryl methyl sites for hydroxylation is 2. The maximum Gasteiger partial charge on any atom is 0.254 e. The van der Waals surface area contributed by atoms with Gasteiger partial charge in [-0.25, -0.2) is 4.98 Å². The Morgan fingerprint density at radius 3 is 2.70 bits per heavy atom.